The van der Waals surface area contributed by atoms with Crippen LogP contribution in [0.2, 0.25) is 0 Å². The van der Waals surface area contributed by atoms with E-state index >= 15 is 0 Å². The topological polar surface area (TPSA) is 69.5 Å². The normalized spacial score (nSPS) is 17.1. The molecule has 5 nitrogen and oxygen atoms in total. The molecule has 1 fully saturated rings. The maximum absolute atomic E-state index is 9.34. The van der Waals surface area contributed by atoms with Gasteiger partial charge in [0.25, 0.3) is 0 Å². The molecular weight excluding hydrogens is 272 g/mol. The van der Waals surface area contributed by atoms with Crippen LogP contribution in [0, 0.1) is 19.3 Å². The quantitative estimate of drug-likeness (QED) is 0.551. The first-order chi connectivity index (χ1) is 9.58. The number of hydrogen-bond donors (Lipinski definition) is 3. The largest absolute Gasteiger partial charge is 0.396 e. The van der Waals surface area contributed by atoms with E-state index in [9.17, 15) is 5.11 Å². The summed E-state index contributed by atoms with van der Waals surface area (Å²) in [6.07, 6.45) is 2.20. The molecule has 2 rings (SSSR count). The molecule has 112 valence electrons. The third-order valence-electron chi connectivity index (χ3n) is 3.65. The predicted molar refractivity (Wildman–Crippen MR) is 83.2 cm³/mol. The molecule has 0 radical (unpaired) electrons. The van der Waals surface area contributed by atoms with Crippen molar-refractivity contribution >= 4 is 17.3 Å². The number of nitrogens with one attached hydrogen (secondary N) is 2. The van der Waals surface area contributed by atoms with Crippen molar-refractivity contribution in [3.05, 3.63) is 15.6 Å². The van der Waals surface area contributed by atoms with Crippen LogP contribution < -0.4 is 10.6 Å². The number of aromatic nitrogens is 1. The standard InChI is InChI=1S/C14H24N4OS/c1-4-15-13(17-8-14(9-19)5-6-14)16-7-12-10(2)18-11(3)20-12/h19H,4-9H2,1-3H3,(H2,15,16,17). The summed E-state index contributed by atoms with van der Waals surface area (Å²) in [6, 6.07) is 0. The Morgan fingerprint density at radius 1 is 1.40 bits per heavy atom. The summed E-state index contributed by atoms with van der Waals surface area (Å²) in [4.78, 5) is 10.2. The molecule has 1 saturated carbocycles. The number of rotatable bonds is 6. The van der Waals surface area contributed by atoms with Gasteiger partial charge < -0.3 is 15.7 Å². The van der Waals surface area contributed by atoms with Gasteiger partial charge in [-0.1, -0.05) is 0 Å². The minimum absolute atomic E-state index is 0.0905. The van der Waals surface area contributed by atoms with Crippen molar-refractivity contribution in [1.29, 1.82) is 0 Å². The Kier molecular flexibility index (Phi) is 4.99. The zero-order chi connectivity index (χ0) is 14.6. The van der Waals surface area contributed by atoms with E-state index in [0.717, 1.165) is 42.6 Å². The Labute approximate surface area is 124 Å². The number of thiazole rings is 1. The van der Waals surface area contributed by atoms with Gasteiger partial charge in [0.1, 0.15) is 0 Å². The van der Waals surface area contributed by atoms with E-state index in [4.69, 9.17) is 0 Å². The summed E-state index contributed by atoms with van der Waals surface area (Å²) in [6.45, 7) is 8.63. The van der Waals surface area contributed by atoms with Crippen molar-refractivity contribution in [3.63, 3.8) is 0 Å². The SMILES string of the molecule is CCNC(=NCc1sc(C)nc1C)NCC1(CO)CC1. The monoisotopic (exact) mass is 296 g/mol. The summed E-state index contributed by atoms with van der Waals surface area (Å²) >= 11 is 1.70. The van der Waals surface area contributed by atoms with Crippen LogP contribution in [0.15, 0.2) is 4.99 Å². The second-order valence-electron chi connectivity index (χ2n) is 5.45. The Bertz CT molecular complexity index is 480. The predicted octanol–water partition coefficient (Wildman–Crippen LogP) is 1.59. The minimum atomic E-state index is 0.0905. The van der Waals surface area contributed by atoms with E-state index in [1.54, 1.807) is 11.3 Å². The molecule has 20 heavy (non-hydrogen) atoms. The van der Waals surface area contributed by atoms with Crippen LogP contribution in [0.1, 0.15) is 35.3 Å². The van der Waals surface area contributed by atoms with E-state index in [1.807, 2.05) is 13.8 Å². The van der Waals surface area contributed by atoms with Gasteiger partial charge in [0.2, 0.25) is 0 Å². The molecular formula is C14H24N4OS. The molecule has 1 aliphatic carbocycles. The Balaban J connectivity index is 1.93. The second kappa shape index (κ2) is 6.54. The molecule has 1 heterocycles. The summed E-state index contributed by atoms with van der Waals surface area (Å²) in [5.41, 5.74) is 1.16. The molecule has 0 atom stereocenters. The van der Waals surface area contributed by atoms with Gasteiger partial charge in [-0.3, -0.25) is 0 Å². The summed E-state index contributed by atoms with van der Waals surface area (Å²) in [5, 5.41) is 17.0. The molecule has 0 unspecified atom stereocenters. The van der Waals surface area contributed by atoms with Gasteiger partial charge in [-0.05, 0) is 33.6 Å². The molecule has 0 saturated heterocycles. The minimum Gasteiger partial charge on any atom is -0.396 e. The van der Waals surface area contributed by atoms with Crippen LogP contribution in [0.25, 0.3) is 0 Å². The third kappa shape index (κ3) is 3.93. The van der Waals surface area contributed by atoms with Crippen LogP contribution in [-0.4, -0.2) is 35.7 Å². The smallest absolute Gasteiger partial charge is 0.191 e. The van der Waals surface area contributed by atoms with Gasteiger partial charge in [-0.15, -0.1) is 11.3 Å². The molecule has 0 spiro atoms. The number of aliphatic imine (C=N–C) groups is 1. The molecule has 3 N–H and O–H groups in total. The van der Waals surface area contributed by atoms with E-state index in [0.29, 0.717) is 6.54 Å². The highest BCUT2D eigenvalue weighted by atomic mass is 32.1. The van der Waals surface area contributed by atoms with Crippen molar-refractivity contribution in [2.24, 2.45) is 10.4 Å². The van der Waals surface area contributed by atoms with Gasteiger partial charge in [0, 0.05) is 23.4 Å². The van der Waals surface area contributed by atoms with E-state index in [-0.39, 0.29) is 12.0 Å². The number of nitrogens with zero attached hydrogens (tertiary/aromatic N) is 2. The molecule has 0 bridgehead atoms. The second-order valence-corrected chi connectivity index (χ2v) is 6.74. The van der Waals surface area contributed by atoms with Gasteiger partial charge >= 0.3 is 0 Å². The van der Waals surface area contributed by atoms with Crippen molar-refractivity contribution < 1.29 is 5.11 Å². The van der Waals surface area contributed by atoms with Gasteiger partial charge in [0.15, 0.2) is 5.96 Å². The van der Waals surface area contributed by atoms with Crippen LogP contribution in [0.5, 0.6) is 0 Å². The van der Waals surface area contributed by atoms with Gasteiger partial charge in [0.05, 0.1) is 23.9 Å². The lowest BCUT2D eigenvalue weighted by molar-refractivity contribution is 0.212. The summed E-state index contributed by atoms with van der Waals surface area (Å²) in [5.74, 6) is 0.817. The van der Waals surface area contributed by atoms with Crippen LogP contribution in [0.3, 0.4) is 0 Å². The first kappa shape index (κ1) is 15.3. The van der Waals surface area contributed by atoms with Gasteiger partial charge in [-0.2, -0.15) is 0 Å². The zero-order valence-electron chi connectivity index (χ0n) is 12.5. The lowest BCUT2D eigenvalue weighted by Gasteiger charge is -2.16. The Hall–Kier alpha value is -1.14. The lowest BCUT2D eigenvalue weighted by Crippen LogP contribution is -2.41. The van der Waals surface area contributed by atoms with Crippen LogP contribution in [-0.2, 0) is 6.54 Å². The highest BCUT2D eigenvalue weighted by Gasteiger charge is 2.41. The number of aliphatic hydroxyl groups is 1. The highest BCUT2D eigenvalue weighted by molar-refractivity contribution is 7.11. The maximum Gasteiger partial charge on any atom is 0.191 e. The van der Waals surface area contributed by atoms with Crippen molar-refractivity contribution in [2.75, 3.05) is 19.7 Å². The zero-order valence-corrected chi connectivity index (χ0v) is 13.3. The highest BCUT2D eigenvalue weighted by Crippen LogP contribution is 2.44. The van der Waals surface area contributed by atoms with Crippen molar-refractivity contribution in [2.45, 2.75) is 40.2 Å². The number of guanidine groups is 1. The molecule has 1 aromatic heterocycles. The van der Waals surface area contributed by atoms with Crippen molar-refractivity contribution in [1.82, 2.24) is 15.6 Å². The molecule has 1 aromatic rings. The molecule has 6 heteroatoms. The Morgan fingerprint density at radius 3 is 2.65 bits per heavy atom. The summed E-state index contributed by atoms with van der Waals surface area (Å²) in [7, 11) is 0. The number of aliphatic hydroxyl groups excluding tert-OH is 1. The maximum atomic E-state index is 9.34. The lowest BCUT2D eigenvalue weighted by atomic mass is 10.1. The van der Waals surface area contributed by atoms with E-state index < -0.39 is 0 Å². The fourth-order valence-corrected chi connectivity index (χ4v) is 2.91. The third-order valence-corrected chi connectivity index (χ3v) is 4.71. The average Bonchev–Trinajstić information content (AvgIpc) is 3.13. The fourth-order valence-electron chi connectivity index (χ4n) is 2.05. The molecule has 0 aromatic carbocycles. The number of aryl methyl sites for hydroxylation is 2. The van der Waals surface area contributed by atoms with Crippen LogP contribution in [0.4, 0.5) is 0 Å². The number of hydrogen-bond acceptors (Lipinski definition) is 4. The first-order valence-corrected chi connectivity index (χ1v) is 7.96. The van der Waals surface area contributed by atoms with E-state index in [2.05, 4.69) is 27.5 Å². The first-order valence-electron chi connectivity index (χ1n) is 7.14. The summed E-state index contributed by atoms with van der Waals surface area (Å²) < 4.78 is 0. The molecule has 0 aliphatic heterocycles. The van der Waals surface area contributed by atoms with Crippen molar-refractivity contribution in [3.8, 4) is 0 Å². The molecule has 0 amide bonds. The fraction of sp³-hybridized carbons (Fsp3) is 0.714. The van der Waals surface area contributed by atoms with Gasteiger partial charge in [-0.25, -0.2) is 9.98 Å². The molecule has 1 aliphatic rings. The Morgan fingerprint density at radius 2 is 2.15 bits per heavy atom. The van der Waals surface area contributed by atoms with E-state index in [1.165, 1.54) is 4.88 Å². The van der Waals surface area contributed by atoms with Crippen LogP contribution >= 0.6 is 11.3 Å². The average molecular weight is 296 g/mol.